The zero-order valence-corrected chi connectivity index (χ0v) is 12.2. The summed E-state index contributed by atoms with van der Waals surface area (Å²) in [6, 6.07) is 11.4. The number of hydrazone groups is 1. The standard InChI is InChI=1S/C15H16N2O2S/c1-11-5-7-13(8-6-11)19-10-15(18)17-16-12(2)14-4-3-9-20-14/h3-9H,10H2,1-2H3,(H,17,18). The fraction of sp³-hybridized carbons (Fsp3) is 0.200. The van der Waals surface area contributed by atoms with E-state index in [0.717, 1.165) is 16.2 Å². The zero-order valence-electron chi connectivity index (χ0n) is 11.4. The lowest BCUT2D eigenvalue weighted by Crippen LogP contribution is -2.25. The molecule has 0 bridgehead atoms. The molecule has 0 saturated heterocycles. The maximum atomic E-state index is 11.6. The van der Waals surface area contributed by atoms with Crippen molar-refractivity contribution < 1.29 is 9.53 Å². The summed E-state index contributed by atoms with van der Waals surface area (Å²) >= 11 is 1.58. The molecular weight excluding hydrogens is 272 g/mol. The van der Waals surface area contributed by atoms with E-state index in [4.69, 9.17) is 4.74 Å². The van der Waals surface area contributed by atoms with Crippen molar-refractivity contribution in [1.82, 2.24) is 5.43 Å². The Bertz CT molecular complexity index is 589. The third kappa shape index (κ3) is 4.20. The molecule has 104 valence electrons. The van der Waals surface area contributed by atoms with Gasteiger partial charge in [0.25, 0.3) is 5.91 Å². The van der Waals surface area contributed by atoms with Crippen molar-refractivity contribution in [3.8, 4) is 5.75 Å². The molecular formula is C15H16N2O2S. The van der Waals surface area contributed by atoms with E-state index in [2.05, 4.69) is 10.5 Å². The number of nitrogens with zero attached hydrogens (tertiary/aromatic N) is 1. The minimum atomic E-state index is -0.276. The van der Waals surface area contributed by atoms with Crippen LogP contribution in [0.1, 0.15) is 17.4 Å². The number of hydrogen-bond acceptors (Lipinski definition) is 4. The summed E-state index contributed by atoms with van der Waals surface area (Å²) in [5.74, 6) is 0.395. The summed E-state index contributed by atoms with van der Waals surface area (Å²) < 4.78 is 5.37. The summed E-state index contributed by atoms with van der Waals surface area (Å²) in [6.07, 6.45) is 0. The van der Waals surface area contributed by atoms with Crippen LogP contribution in [0.3, 0.4) is 0 Å². The minimum Gasteiger partial charge on any atom is -0.484 e. The second kappa shape index (κ2) is 6.86. The molecule has 0 aliphatic rings. The van der Waals surface area contributed by atoms with Crippen LogP contribution in [0.15, 0.2) is 46.9 Å². The summed E-state index contributed by atoms with van der Waals surface area (Å²) in [5.41, 5.74) is 4.42. The van der Waals surface area contributed by atoms with Gasteiger partial charge in [0.05, 0.1) is 5.71 Å². The highest BCUT2D eigenvalue weighted by Gasteiger charge is 2.03. The van der Waals surface area contributed by atoms with Gasteiger partial charge < -0.3 is 4.74 Å². The third-order valence-corrected chi connectivity index (χ3v) is 3.60. The average Bonchev–Trinajstić information content (AvgIpc) is 2.98. The fourth-order valence-electron chi connectivity index (χ4n) is 1.50. The molecule has 0 aliphatic carbocycles. The van der Waals surface area contributed by atoms with Crippen LogP contribution in [-0.2, 0) is 4.79 Å². The molecule has 0 unspecified atom stereocenters. The lowest BCUT2D eigenvalue weighted by atomic mass is 10.2. The van der Waals surface area contributed by atoms with Gasteiger partial charge in [-0.2, -0.15) is 5.10 Å². The van der Waals surface area contributed by atoms with E-state index in [1.165, 1.54) is 0 Å². The number of hydrogen-bond donors (Lipinski definition) is 1. The molecule has 5 heteroatoms. The van der Waals surface area contributed by atoms with Crippen LogP contribution in [0, 0.1) is 6.92 Å². The summed E-state index contributed by atoms with van der Waals surface area (Å²) in [7, 11) is 0. The van der Waals surface area contributed by atoms with Crippen molar-refractivity contribution >= 4 is 23.0 Å². The minimum absolute atomic E-state index is 0.0513. The maximum Gasteiger partial charge on any atom is 0.277 e. The van der Waals surface area contributed by atoms with Crippen molar-refractivity contribution in [2.24, 2.45) is 5.10 Å². The SMILES string of the molecule is CC(=NNC(=O)COc1ccc(C)cc1)c1cccs1. The topological polar surface area (TPSA) is 50.7 Å². The van der Waals surface area contributed by atoms with Gasteiger partial charge >= 0.3 is 0 Å². The number of rotatable bonds is 5. The van der Waals surface area contributed by atoms with Crippen LogP contribution in [0.2, 0.25) is 0 Å². The highest BCUT2D eigenvalue weighted by molar-refractivity contribution is 7.12. The largest absolute Gasteiger partial charge is 0.484 e. The van der Waals surface area contributed by atoms with Crippen LogP contribution < -0.4 is 10.2 Å². The van der Waals surface area contributed by atoms with Gasteiger partial charge in [0.15, 0.2) is 6.61 Å². The van der Waals surface area contributed by atoms with Gasteiger partial charge in [-0.25, -0.2) is 5.43 Å². The van der Waals surface area contributed by atoms with Gasteiger partial charge in [-0.1, -0.05) is 23.8 Å². The zero-order chi connectivity index (χ0) is 14.4. The monoisotopic (exact) mass is 288 g/mol. The van der Waals surface area contributed by atoms with E-state index >= 15 is 0 Å². The second-order valence-electron chi connectivity index (χ2n) is 4.31. The molecule has 0 saturated carbocycles. The molecule has 0 atom stereocenters. The van der Waals surface area contributed by atoms with Crippen LogP contribution in [0.5, 0.6) is 5.75 Å². The second-order valence-corrected chi connectivity index (χ2v) is 5.26. The van der Waals surface area contributed by atoms with E-state index in [-0.39, 0.29) is 12.5 Å². The Kier molecular flexibility index (Phi) is 4.90. The number of ether oxygens (including phenoxy) is 1. The van der Waals surface area contributed by atoms with Crippen LogP contribution in [0.25, 0.3) is 0 Å². The molecule has 0 fully saturated rings. The van der Waals surface area contributed by atoms with Crippen molar-refractivity contribution in [3.05, 3.63) is 52.2 Å². The average molecular weight is 288 g/mol. The van der Waals surface area contributed by atoms with Crippen LogP contribution in [0.4, 0.5) is 0 Å². The molecule has 1 amide bonds. The Morgan fingerprint density at radius 2 is 2.05 bits per heavy atom. The van der Waals surface area contributed by atoms with Gasteiger partial charge in [0.2, 0.25) is 0 Å². The first kappa shape index (κ1) is 14.3. The highest BCUT2D eigenvalue weighted by atomic mass is 32.1. The number of carbonyl (C=O) groups excluding carboxylic acids is 1. The third-order valence-electron chi connectivity index (χ3n) is 2.62. The molecule has 0 aliphatic heterocycles. The fourth-order valence-corrected chi connectivity index (χ4v) is 2.18. The molecule has 2 rings (SSSR count). The van der Waals surface area contributed by atoms with Gasteiger partial charge in [-0.3, -0.25) is 4.79 Å². The van der Waals surface area contributed by atoms with E-state index in [9.17, 15) is 4.79 Å². The normalized spacial score (nSPS) is 11.2. The molecule has 1 aromatic heterocycles. The summed E-state index contributed by atoms with van der Waals surface area (Å²) in [5, 5.41) is 6.01. The van der Waals surface area contributed by atoms with E-state index < -0.39 is 0 Å². The first-order valence-electron chi connectivity index (χ1n) is 6.21. The number of benzene rings is 1. The quantitative estimate of drug-likeness (QED) is 0.679. The molecule has 1 heterocycles. The number of nitrogens with one attached hydrogen (secondary N) is 1. The van der Waals surface area contributed by atoms with E-state index in [1.54, 1.807) is 11.3 Å². The Morgan fingerprint density at radius 3 is 2.70 bits per heavy atom. The number of amides is 1. The van der Waals surface area contributed by atoms with Crippen molar-refractivity contribution in [2.45, 2.75) is 13.8 Å². The van der Waals surface area contributed by atoms with Crippen LogP contribution >= 0.6 is 11.3 Å². The van der Waals surface area contributed by atoms with Gasteiger partial charge in [-0.15, -0.1) is 11.3 Å². The van der Waals surface area contributed by atoms with Crippen LogP contribution in [-0.4, -0.2) is 18.2 Å². The molecule has 4 nitrogen and oxygen atoms in total. The number of thiophene rings is 1. The first-order chi connectivity index (χ1) is 9.65. The number of aryl methyl sites for hydroxylation is 1. The molecule has 0 spiro atoms. The van der Waals surface area contributed by atoms with Gasteiger partial charge in [-0.05, 0) is 37.4 Å². The van der Waals surface area contributed by atoms with E-state index in [0.29, 0.717) is 5.75 Å². The molecule has 1 N–H and O–H groups in total. The maximum absolute atomic E-state index is 11.6. The Hall–Kier alpha value is -2.14. The molecule has 1 aromatic carbocycles. The lowest BCUT2D eigenvalue weighted by molar-refractivity contribution is -0.123. The smallest absolute Gasteiger partial charge is 0.277 e. The highest BCUT2D eigenvalue weighted by Crippen LogP contribution is 2.11. The van der Waals surface area contributed by atoms with Crippen molar-refractivity contribution in [1.29, 1.82) is 0 Å². The summed E-state index contributed by atoms with van der Waals surface area (Å²) in [6.45, 7) is 3.80. The predicted octanol–water partition coefficient (Wildman–Crippen LogP) is 2.98. The van der Waals surface area contributed by atoms with E-state index in [1.807, 2.05) is 55.6 Å². The van der Waals surface area contributed by atoms with Gasteiger partial charge in [0.1, 0.15) is 5.75 Å². The molecule has 20 heavy (non-hydrogen) atoms. The lowest BCUT2D eigenvalue weighted by Gasteiger charge is -2.05. The first-order valence-corrected chi connectivity index (χ1v) is 7.09. The van der Waals surface area contributed by atoms with Crippen molar-refractivity contribution in [3.63, 3.8) is 0 Å². The summed E-state index contributed by atoms with van der Waals surface area (Å²) in [4.78, 5) is 12.6. The Labute approximate surface area is 122 Å². The Morgan fingerprint density at radius 1 is 1.30 bits per heavy atom. The van der Waals surface area contributed by atoms with Gasteiger partial charge in [0, 0.05) is 4.88 Å². The molecule has 0 radical (unpaired) electrons. The Balaban J connectivity index is 1.81. The van der Waals surface area contributed by atoms with Crippen molar-refractivity contribution in [2.75, 3.05) is 6.61 Å². The number of carbonyl (C=O) groups is 1. The predicted molar refractivity (Wildman–Crippen MR) is 81.3 cm³/mol. The molecule has 2 aromatic rings.